The first-order chi connectivity index (χ1) is 6.52. The van der Waals surface area contributed by atoms with E-state index in [2.05, 4.69) is 0 Å². The topological polar surface area (TPSA) is 49.3 Å². The van der Waals surface area contributed by atoms with Crippen molar-refractivity contribution in [3.05, 3.63) is 17.3 Å². The molecule has 2 rings (SSSR count). The predicted molar refractivity (Wildman–Crippen MR) is 52.4 cm³/mol. The average Bonchev–Trinajstić information content (AvgIpc) is 2.42. The summed E-state index contributed by atoms with van der Waals surface area (Å²) >= 11 is 5.88. The number of nitrogens with zero attached hydrogens (tertiary/aromatic N) is 2. The number of halogens is 1. The first kappa shape index (κ1) is 9.15. The Bertz CT molecular complexity index is 519. The summed E-state index contributed by atoms with van der Waals surface area (Å²) in [6, 6.07) is 1.48. The van der Waals surface area contributed by atoms with Crippen LogP contribution in [0.1, 0.15) is 0 Å². The molecule has 0 bridgehead atoms. The normalized spacial score (nSPS) is 11.1. The third kappa shape index (κ3) is 1.04. The molecule has 0 saturated carbocycles. The van der Waals surface area contributed by atoms with Crippen molar-refractivity contribution in [3.63, 3.8) is 0 Å². The Kier molecular flexibility index (Phi) is 1.82. The zero-order valence-electron chi connectivity index (χ0n) is 7.82. The number of hydrogen-bond donors (Lipinski definition) is 2. The molecule has 5 heteroatoms. The molecular formula is C9H10ClN2O2+. The Morgan fingerprint density at radius 1 is 1.43 bits per heavy atom. The highest BCUT2D eigenvalue weighted by molar-refractivity contribution is 6.37. The van der Waals surface area contributed by atoms with E-state index >= 15 is 0 Å². The number of fused-ring (bicyclic) bond motifs is 1. The number of phenolic OH excluding ortho intramolecular Hbond substituents is 2. The van der Waals surface area contributed by atoms with Crippen LogP contribution < -0.4 is 4.68 Å². The molecule has 0 spiro atoms. The van der Waals surface area contributed by atoms with Gasteiger partial charge in [-0.1, -0.05) is 11.6 Å². The summed E-state index contributed by atoms with van der Waals surface area (Å²) < 4.78 is 3.63. The van der Waals surface area contributed by atoms with Crippen LogP contribution in [0.4, 0.5) is 0 Å². The molecule has 0 aliphatic rings. The van der Waals surface area contributed by atoms with Crippen LogP contribution in [-0.2, 0) is 14.1 Å². The summed E-state index contributed by atoms with van der Waals surface area (Å²) in [5.74, 6) is -0.477. The molecule has 4 nitrogen and oxygen atoms in total. The molecule has 74 valence electrons. The van der Waals surface area contributed by atoms with Crippen LogP contribution in [-0.4, -0.2) is 14.9 Å². The zero-order valence-corrected chi connectivity index (χ0v) is 8.58. The van der Waals surface area contributed by atoms with Crippen molar-refractivity contribution in [1.29, 1.82) is 0 Å². The molecule has 1 heterocycles. The predicted octanol–water partition coefficient (Wildman–Crippen LogP) is 1.07. The van der Waals surface area contributed by atoms with E-state index in [0.717, 1.165) is 5.52 Å². The summed E-state index contributed by atoms with van der Waals surface area (Å²) in [7, 11) is 3.69. The third-order valence-electron chi connectivity index (χ3n) is 2.37. The fourth-order valence-corrected chi connectivity index (χ4v) is 1.70. The molecule has 0 fully saturated rings. The van der Waals surface area contributed by atoms with Crippen molar-refractivity contribution in [2.75, 3.05) is 0 Å². The van der Waals surface area contributed by atoms with Crippen molar-refractivity contribution in [2.24, 2.45) is 14.1 Å². The first-order valence-corrected chi connectivity index (χ1v) is 4.46. The fourth-order valence-electron chi connectivity index (χ4n) is 1.46. The maximum absolute atomic E-state index is 9.40. The molecule has 1 aromatic carbocycles. The smallest absolute Gasteiger partial charge is 0.204 e. The van der Waals surface area contributed by atoms with Gasteiger partial charge >= 0.3 is 0 Å². The van der Waals surface area contributed by atoms with Crippen molar-refractivity contribution < 1.29 is 14.9 Å². The Morgan fingerprint density at radius 2 is 2.07 bits per heavy atom. The van der Waals surface area contributed by atoms with Gasteiger partial charge in [0.05, 0.1) is 12.4 Å². The van der Waals surface area contributed by atoms with Gasteiger partial charge in [-0.2, -0.15) is 4.68 Å². The quantitative estimate of drug-likeness (QED) is 0.508. The van der Waals surface area contributed by atoms with Gasteiger partial charge < -0.3 is 10.2 Å². The van der Waals surface area contributed by atoms with E-state index in [4.69, 9.17) is 11.6 Å². The van der Waals surface area contributed by atoms with Gasteiger partial charge in [-0.15, -0.1) is 4.68 Å². The maximum atomic E-state index is 9.40. The molecule has 2 aromatic rings. The van der Waals surface area contributed by atoms with Gasteiger partial charge in [0, 0.05) is 6.07 Å². The van der Waals surface area contributed by atoms with Crippen molar-refractivity contribution >= 4 is 22.5 Å². The van der Waals surface area contributed by atoms with Gasteiger partial charge in [0.1, 0.15) is 10.5 Å². The molecule has 0 unspecified atom stereocenters. The van der Waals surface area contributed by atoms with Crippen molar-refractivity contribution in [3.8, 4) is 11.5 Å². The number of aromatic hydroxyl groups is 2. The summed E-state index contributed by atoms with van der Waals surface area (Å²) in [6.45, 7) is 0. The second-order valence-electron chi connectivity index (χ2n) is 3.22. The minimum atomic E-state index is -0.273. The van der Waals surface area contributed by atoms with E-state index < -0.39 is 0 Å². The lowest BCUT2D eigenvalue weighted by Crippen LogP contribution is -2.35. The van der Waals surface area contributed by atoms with Gasteiger partial charge in [0.2, 0.25) is 6.20 Å². The number of aromatic nitrogens is 2. The van der Waals surface area contributed by atoms with E-state index in [9.17, 15) is 10.2 Å². The van der Waals surface area contributed by atoms with Crippen molar-refractivity contribution in [1.82, 2.24) is 4.68 Å². The van der Waals surface area contributed by atoms with E-state index in [-0.39, 0.29) is 16.5 Å². The van der Waals surface area contributed by atoms with Gasteiger partial charge in [-0.25, -0.2) is 0 Å². The Balaban J connectivity index is 2.98. The molecule has 0 radical (unpaired) electrons. The number of benzene rings is 1. The summed E-state index contributed by atoms with van der Waals surface area (Å²) in [5.41, 5.74) is 0.771. The number of hydrogen-bond acceptors (Lipinski definition) is 2. The lowest BCUT2D eigenvalue weighted by Gasteiger charge is -1.99. The van der Waals surface area contributed by atoms with Gasteiger partial charge in [0.25, 0.3) is 0 Å². The second kappa shape index (κ2) is 2.78. The van der Waals surface area contributed by atoms with E-state index in [0.29, 0.717) is 5.39 Å². The number of aryl methyl sites for hydroxylation is 2. The first-order valence-electron chi connectivity index (χ1n) is 4.08. The van der Waals surface area contributed by atoms with Crippen LogP contribution in [0.3, 0.4) is 0 Å². The highest BCUT2D eigenvalue weighted by Crippen LogP contribution is 2.38. The zero-order chi connectivity index (χ0) is 10.5. The standard InChI is InChI=1S/C9H9ClN2O2/c1-11-4-5-6(12(11)2)3-7(13)9(14)8(5)10/h3-4,14H,1-2H3/p+1. The molecule has 1 aromatic heterocycles. The van der Waals surface area contributed by atoms with Gasteiger partial charge in [-0.05, 0) is 0 Å². The van der Waals surface area contributed by atoms with Crippen LogP contribution in [0, 0.1) is 0 Å². The van der Waals surface area contributed by atoms with Crippen LogP contribution in [0.2, 0.25) is 5.02 Å². The minimum absolute atomic E-state index is 0.177. The molecule has 0 saturated heterocycles. The molecule has 0 aliphatic carbocycles. The molecule has 14 heavy (non-hydrogen) atoms. The molecule has 0 atom stereocenters. The SMILES string of the molecule is Cn1c2cc(O)c(O)c(Cl)c2c[n+]1C. The molecule has 2 N–H and O–H groups in total. The number of phenols is 2. The highest BCUT2D eigenvalue weighted by atomic mass is 35.5. The maximum Gasteiger partial charge on any atom is 0.204 e. The largest absolute Gasteiger partial charge is 0.504 e. The van der Waals surface area contributed by atoms with E-state index in [1.54, 1.807) is 6.20 Å². The summed E-state index contributed by atoms with van der Waals surface area (Å²) in [5, 5.41) is 19.7. The Hall–Kier alpha value is -1.42. The van der Waals surface area contributed by atoms with Crippen LogP contribution in [0.25, 0.3) is 10.9 Å². The molecule has 0 amide bonds. The lowest BCUT2D eigenvalue weighted by atomic mass is 10.2. The number of rotatable bonds is 0. The van der Waals surface area contributed by atoms with E-state index in [1.807, 2.05) is 23.5 Å². The summed E-state index contributed by atoms with van der Waals surface area (Å²) in [6.07, 6.45) is 1.79. The van der Waals surface area contributed by atoms with Crippen LogP contribution >= 0.6 is 11.6 Å². The molecular weight excluding hydrogens is 204 g/mol. The monoisotopic (exact) mass is 213 g/mol. The minimum Gasteiger partial charge on any atom is -0.504 e. The highest BCUT2D eigenvalue weighted by Gasteiger charge is 2.17. The third-order valence-corrected chi connectivity index (χ3v) is 2.76. The molecule has 0 aliphatic heterocycles. The lowest BCUT2D eigenvalue weighted by molar-refractivity contribution is -0.748. The second-order valence-corrected chi connectivity index (χ2v) is 3.60. The average molecular weight is 214 g/mol. The Labute approximate surface area is 85.6 Å². The van der Waals surface area contributed by atoms with Crippen LogP contribution in [0.15, 0.2) is 12.3 Å². The summed E-state index contributed by atoms with van der Waals surface area (Å²) in [4.78, 5) is 0. The van der Waals surface area contributed by atoms with Crippen molar-refractivity contribution in [2.45, 2.75) is 0 Å². The fraction of sp³-hybridized carbons (Fsp3) is 0.222. The van der Waals surface area contributed by atoms with Gasteiger partial charge in [-0.3, -0.25) is 0 Å². The Morgan fingerprint density at radius 3 is 2.71 bits per heavy atom. The van der Waals surface area contributed by atoms with E-state index in [1.165, 1.54) is 6.07 Å². The van der Waals surface area contributed by atoms with Crippen LogP contribution in [0.5, 0.6) is 11.5 Å². The van der Waals surface area contributed by atoms with Gasteiger partial charge in [0.15, 0.2) is 18.5 Å².